The van der Waals surface area contributed by atoms with E-state index in [1.165, 1.54) is 12.1 Å². The Bertz CT molecular complexity index is 606. The molecular formula is C18H23F3N2O2. The number of carbonyl (C=O) groups is 2. The Labute approximate surface area is 145 Å². The highest BCUT2D eigenvalue weighted by Crippen LogP contribution is 2.29. The lowest BCUT2D eigenvalue weighted by Crippen LogP contribution is -2.51. The monoisotopic (exact) mass is 356 g/mol. The zero-order valence-electron chi connectivity index (χ0n) is 14.5. The molecule has 1 aromatic carbocycles. The van der Waals surface area contributed by atoms with E-state index in [0.29, 0.717) is 26.2 Å². The summed E-state index contributed by atoms with van der Waals surface area (Å²) in [5, 5.41) is 0. The van der Waals surface area contributed by atoms with Crippen LogP contribution in [0, 0.1) is 5.92 Å². The molecule has 1 fully saturated rings. The van der Waals surface area contributed by atoms with Gasteiger partial charge in [0.25, 0.3) is 5.91 Å². The van der Waals surface area contributed by atoms with Crippen LogP contribution in [0.2, 0.25) is 0 Å². The maximum absolute atomic E-state index is 12.6. The standard InChI is InChI=1S/C18H23F3N2O2/c1-3-4-13(2)16(24)22-9-11-23(12-10-22)17(25)14-5-7-15(8-6-14)18(19,20)21/h5-8,13H,3-4,9-12H2,1-2H3. The van der Waals surface area contributed by atoms with Gasteiger partial charge in [0.2, 0.25) is 5.91 Å². The molecule has 0 saturated carbocycles. The first-order chi connectivity index (χ1) is 11.7. The number of benzene rings is 1. The van der Waals surface area contributed by atoms with Crippen LogP contribution in [0.15, 0.2) is 24.3 Å². The van der Waals surface area contributed by atoms with Crippen molar-refractivity contribution in [3.8, 4) is 0 Å². The quantitative estimate of drug-likeness (QED) is 0.829. The molecule has 0 bridgehead atoms. The lowest BCUT2D eigenvalue weighted by molar-refractivity contribution is -0.138. The number of alkyl halides is 3. The van der Waals surface area contributed by atoms with Gasteiger partial charge in [-0.05, 0) is 30.7 Å². The first-order valence-corrected chi connectivity index (χ1v) is 8.49. The molecule has 1 unspecified atom stereocenters. The summed E-state index contributed by atoms with van der Waals surface area (Å²) in [5.41, 5.74) is -0.545. The van der Waals surface area contributed by atoms with Gasteiger partial charge >= 0.3 is 6.18 Å². The van der Waals surface area contributed by atoms with Crippen LogP contribution in [0.25, 0.3) is 0 Å². The third kappa shape index (κ3) is 4.74. The maximum atomic E-state index is 12.6. The average molecular weight is 356 g/mol. The number of rotatable bonds is 4. The largest absolute Gasteiger partial charge is 0.416 e. The van der Waals surface area contributed by atoms with Crippen LogP contribution in [0.5, 0.6) is 0 Å². The van der Waals surface area contributed by atoms with Crippen molar-refractivity contribution in [1.29, 1.82) is 0 Å². The van der Waals surface area contributed by atoms with Crippen molar-refractivity contribution >= 4 is 11.8 Å². The predicted molar refractivity (Wildman–Crippen MR) is 88.0 cm³/mol. The van der Waals surface area contributed by atoms with E-state index in [4.69, 9.17) is 0 Å². The van der Waals surface area contributed by atoms with Gasteiger partial charge in [-0.3, -0.25) is 9.59 Å². The molecule has 0 spiro atoms. The summed E-state index contributed by atoms with van der Waals surface area (Å²) < 4.78 is 37.7. The molecule has 2 amide bonds. The topological polar surface area (TPSA) is 40.6 Å². The predicted octanol–water partition coefficient (Wildman–Crippen LogP) is 3.43. The summed E-state index contributed by atoms with van der Waals surface area (Å²) in [6.45, 7) is 5.64. The highest BCUT2D eigenvalue weighted by Gasteiger charge is 2.31. The fourth-order valence-electron chi connectivity index (χ4n) is 2.98. The van der Waals surface area contributed by atoms with E-state index in [1.54, 1.807) is 9.80 Å². The minimum absolute atomic E-state index is 0.0258. The highest BCUT2D eigenvalue weighted by molar-refractivity contribution is 5.94. The van der Waals surface area contributed by atoms with Gasteiger partial charge in [0.05, 0.1) is 5.56 Å². The van der Waals surface area contributed by atoms with Crippen molar-refractivity contribution in [2.45, 2.75) is 32.9 Å². The summed E-state index contributed by atoms with van der Waals surface area (Å²) in [6.07, 6.45) is -2.63. The van der Waals surface area contributed by atoms with E-state index < -0.39 is 11.7 Å². The molecule has 138 valence electrons. The Morgan fingerprint density at radius 3 is 2.04 bits per heavy atom. The maximum Gasteiger partial charge on any atom is 0.416 e. The smallest absolute Gasteiger partial charge is 0.339 e. The molecule has 1 aliphatic rings. The fourth-order valence-corrected chi connectivity index (χ4v) is 2.98. The molecule has 7 heteroatoms. The van der Waals surface area contributed by atoms with Crippen LogP contribution >= 0.6 is 0 Å². The third-order valence-corrected chi connectivity index (χ3v) is 4.48. The summed E-state index contributed by atoms with van der Waals surface area (Å²) >= 11 is 0. The van der Waals surface area contributed by atoms with Crippen LogP contribution in [-0.2, 0) is 11.0 Å². The van der Waals surface area contributed by atoms with Gasteiger partial charge in [0.1, 0.15) is 0 Å². The van der Waals surface area contributed by atoms with E-state index in [0.717, 1.165) is 25.0 Å². The van der Waals surface area contributed by atoms with Crippen molar-refractivity contribution < 1.29 is 22.8 Å². The molecule has 25 heavy (non-hydrogen) atoms. The van der Waals surface area contributed by atoms with Crippen LogP contribution in [-0.4, -0.2) is 47.8 Å². The van der Waals surface area contributed by atoms with E-state index in [2.05, 4.69) is 0 Å². The van der Waals surface area contributed by atoms with Crippen molar-refractivity contribution in [3.05, 3.63) is 35.4 Å². The fraction of sp³-hybridized carbons (Fsp3) is 0.556. The van der Waals surface area contributed by atoms with Gasteiger partial charge < -0.3 is 9.80 Å². The summed E-state index contributed by atoms with van der Waals surface area (Å²) in [5.74, 6) is -0.229. The number of piperazine rings is 1. The Kier molecular flexibility index (Phi) is 6.08. The first kappa shape index (κ1) is 19.3. The molecule has 0 radical (unpaired) electrons. The molecule has 2 rings (SSSR count). The van der Waals surface area contributed by atoms with Gasteiger partial charge in [-0.15, -0.1) is 0 Å². The number of hydrogen-bond donors (Lipinski definition) is 0. The number of halogens is 3. The number of amides is 2. The Balaban J connectivity index is 1.94. The molecule has 1 heterocycles. The lowest BCUT2D eigenvalue weighted by atomic mass is 10.0. The average Bonchev–Trinajstić information content (AvgIpc) is 2.60. The zero-order valence-corrected chi connectivity index (χ0v) is 14.5. The second kappa shape index (κ2) is 7.89. The van der Waals surface area contributed by atoms with Crippen LogP contribution in [0.1, 0.15) is 42.6 Å². The number of nitrogens with zero attached hydrogens (tertiary/aromatic N) is 2. The molecule has 4 nitrogen and oxygen atoms in total. The molecule has 1 aliphatic heterocycles. The van der Waals surface area contributed by atoms with Crippen molar-refractivity contribution in [2.75, 3.05) is 26.2 Å². The van der Waals surface area contributed by atoms with Gasteiger partial charge in [-0.25, -0.2) is 0 Å². The van der Waals surface area contributed by atoms with Crippen LogP contribution < -0.4 is 0 Å². The molecule has 0 aliphatic carbocycles. The normalized spacial score (nSPS) is 16.7. The minimum Gasteiger partial charge on any atom is -0.339 e. The van der Waals surface area contributed by atoms with E-state index in [1.807, 2.05) is 13.8 Å². The molecule has 1 saturated heterocycles. The molecular weight excluding hydrogens is 333 g/mol. The van der Waals surface area contributed by atoms with Gasteiger partial charge in [-0.2, -0.15) is 13.2 Å². The molecule has 0 aromatic heterocycles. The minimum atomic E-state index is -4.41. The van der Waals surface area contributed by atoms with E-state index in [-0.39, 0.29) is 23.3 Å². The highest BCUT2D eigenvalue weighted by atomic mass is 19.4. The summed E-state index contributed by atoms with van der Waals surface area (Å²) in [7, 11) is 0. The second-order valence-electron chi connectivity index (χ2n) is 6.38. The first-order valence-electron chi connectivity index (χ1n) is 8.49. The molecule has 1 atom stereocenters. The number of carbonyl (C=O) groups excluding carboxylic acids is 2. The summed E-state index contributed by atoms with van der Waals surface area (Å²) in [6, 6.07) is 4.23. The Morgan fingerprint density at radius 2 is 1.56 bits per heavy atom. The third-order valence-electron chi connectivity index (χ3n) is 4.48. The SMILES string of the molecule is CCCC(C)C(=O)N1CCN(C(=O)c2ccc(C(F)(F)F)cc2)CC1. The summed E-state index contributed by atoms with van der Waals surface area (Å²) in [4.78, 5) is 28.0. The molecule has 1 aromatic rings. The Morgan fingerprint density at radius 1 is 1.04 bits per heavy atom. The van der Waals surface area contributed by atoms with Gasteiger partial charge in [0.15, 0.2) is 0 Å². The van der Waals surface area contributed by atoms with Crippen molar-refractivity contribution in [3.63, 3.8) is 0 Å². The van der Waals surface area contributed by atoms with Gasteiger partial charge in [0, 0.05) is 37.7 Å². The zero-order chi connectivity index (χ0) is 18.6. The lowest BCUT2D eigenvalue weighted by Gasteiger charge is -2.36. The Hall–Kier alpha value is -2.05. The second-order valence-corrected chi connectivity index (χ2v) is 6.38. The van der Waals surface area contributed by atoms with Crippen molar-refractivity contribution in [2.24, 2.45) is 5.92 Å². The van der Waals surface area contributed by atoms with E-state index >= 15 is 0 Å². The van der Waals surface area contributed by atoms with Crippen molar-refractivity contribution in [1.82, 2.24) is 9.80 Å². The van der Waals surface area contributed by atoms with E-state index in [9.17, 15) is 22.8 Å². The van der Waals surface area contributed by atoms with Gasteiger partial charge in [-0.1, -0.05) is 20.3 Å². The van der Waals surface area contributed by atoms with Crippen LogP contribution in [0.3, 0.4) is 0 Å². The molecule has 0 N–H and O–H groups in total. The van der Waals surface area contributed by atoms with Crippen LogP contribution in [0.4, 0.5) is 13.2 Å². The number of hydrogen-bond acceptors (Lipinski definition) is 2.